The summed E-state index contributed by atoms with van der Waals surface area (Å²) < 4.78 is 16.3. The molecule has 0 radical (unpaired) electrons. The predicted molar refractivity (Wildman–Crippen MR) is 100.0 cm³/mol. The topological polar surface area (TPSA) is 131 Å². The highest BCUT2D eigenvalue weighted by molar-refractivity contribution is 6.04. The fourth-order valence-corrected chi connectivity index (χ4v) is 2.89. The molecular weight excluding hydrogens is 384 g/mol. The molecule has 3 rings (SSSR count). The minimum Gasteiger partial charge on any atom is -0.465 e. The molecule has 0 aliphatic carbocycles. The van der Waals surface area contributed by atoms with Gasteiger partial charge in [-0.2, -0.15) is 0 Å². The number of benzene rings is 1. The number of nitro groups is 1. The van der Waals surface area contributed by atoms with Crippen LogP contribution in [0.1, 0.15) is 33.4 Å². The number of furan rings is 1. The third-order valence-electron chi connectivity index (χ3n) is 4.15. The number of hydrogen-bond acceptors (Lipinski definition) is 8. The van der Waals surface area contributed by atoms with Crippen LogP contribution < -0.4 is 5.56 Å². The molecule has 0 aliphatic heterocycles. The third kappa shape index (κ3) is 3.72. The van der Waals surface area contributed by atoms with Crippen molar-refractivity contribution in [2.45, 2.75) is 13.5 Å². The van der Waals surface area contributed by atoms with Crippen LogP contribution in [0.25, 0.3) is 11.0 Å². The summed E-state index contributed by atoms with van der Waals surface area (Å²) in [5.74, 6) is -1.43. The first-order valence-corrected chi connectivity index (χ1v) is 8.52. The maximum Gasteiger partial charge on any atom is 0.342 e. The molecule has 0 amide bonds. The van der Waals surface area contributed by atoms with Gasteiger partial charge in [-0.25, -0.2) is 9.59 Å². The van der Waals surface area contributed by atoms with Crippen molar-refractivity contribution in [1.82, 2.24) is 4.57 Å². The molecule has 2 heterocycles. The van der Waals surface area contributed by atoms with Crippen molar-refractivity contribution in [1.29, 1.82) is 0 Å². The molecule has 29 heavy (non-hydrogen) atoms. The van der Waals surface area contributed by atoms with Crippen LogP contribution in [0.2, 0.25) is 0 Å². The largest absolute Gasteiger partial charge is 0.465 e. The molecule has 0 saturated heterocycles. The van der Waals surface area contributed by atoms with Gasteiger partial charge >= 0.3 is 23.2 Å². The molecular formula is C19H16N2O8. The minimum atomic E-state index is -0.960. The fraction of sp³-hybridized carbons (Fsp3) is 0.211. The van der Waals surface area contributed by atoms with Gasteiger partial charge in [0.1, 0.15) is 16.9 Å². The Hall–Kier alpha value is -3.95. The Morgan fingerprint density at radius 3 is 2.62 bits per heavy atom. The van der Waals surface area contributed by atoms with Gasteiger partial charge in [-0.1, -0.05) is 18.2 Å². The molecule has 10 heteroatoms. The van der Waals surface area contributed by atoms with E-state index in [9.17, 15) is 24.5 Å². The number of rotatable bonds is 6. The summed E-state index contributed by atoms with van der Waals surface area (Å²) >= 11 is 0. The summed E-state index contributed by atoms with van der Waals surface area (Å²) in [5.41, 5.74) is -1.45. The zero-order chi connectivity index (χ0) is 21.1. The van der Waals surface area contributed by atoms with Crippen LogP contribution in [-0.2, 0) is 16.0 Å². The molecule has 0 unspecified atom stereocenters. The molecule has 2 aromatic heterocycles. The lowest BCUT2D eigenvalue weighted by atomic mass is 10.1. The van der Waals surface area contributed by atoms with Crippen molar-refractivity contribution in [2.24, 2.45) is 0 Å². The summed E-state index contributed by atoms with van der Waals surface area (Å²) in [6, 6.07) is 7.55. The van der Waals surface area contributed by atoms with E-state index in [0.29, 0.717) is 11.0 Å². The van der Waals surface area contributed by atoms with E-state index < -0.39 is 28.1 Å². The van der Waals surface area contributed by atoms with E-state index >= 15 is 0 Å². The van der Waals surface area contributed by atoms with Crippen molar-refractivity contribution in [2.75, 3.05) is 13.7 Å². The number of fused-ring (bicyclic) bond motifs is 1. The van der Waals surface area contributed by atoms with E-state index in [4.69, 9.17) is 9.15 Å². The van der Waals surface area contributed by atoms with Crippen LogP contribution in [0.3, 0.4) is 0 Å². The monoisotopic (exact) mass is 400 g/mol. The van der Waals surface area contributed by atoms with Gasteiger partial charge in [0, 0.05) is 17.6 Å². The van der Waals surface area contributed by atoms with Gasteiger partial charge in [0.05, 0.1) is 30.7 Å². The molecule has 0 bridgehead atoms. The average Bonchev–Trinajstić information content (AvgIpc) is 3.06. The number of pyridine rings is 1. The van der Waals surface area contributed by atoms with Gasteiger partial charge in [0.2, 0.25) is 0 Å². The third-order valence-corrected chi connectivity index (χ3v) is 4.15. The van der Waals surface area contributed by atoms with Gasteiger partial charge in [-0.15, -0.1) is 0 Å². The van der Waals surface area contributed by atoms with Crippen LogP contribution in [0, 0.1) is 10.1 Å². The number of nitrogens with zero attached hydrogens (tertiary/aromatic N) is 2. The van der Waals surface area contributed by atoms with Crippen LogP contribution >= 0.6 is 0 Å². The molecule has 0 fully saturated rings. The Morgan fingerprint density at radius 1 is 1.24 bits per heavy atom. The SMILES string of the molecule is CCOC(=O)c1c(Cn2cc(C(=O)OC)cc([N+](=O)[O-])c2=O)oc2ccccc12. The summed E-state index contributed by atoms with van der Waals surface area (Å²) in [7, 11) is 1.11. The lowest BCUT2D eigenvalue weighted by molar-refractivity contribution is -0.386. The van der Waals surface area contributed by atoms with Gasteiger partial charge in [0.25, 0.3) is 0 Å². The quantitative estimate of drug-likeness (QED) is 0.350. The summed E-state index contributed by atoms with van der Waals surface area (Å²) in [4.78, 5) is 47.2. The van der Waals surface area contributed by atoms with E-state index in [2.05, 4.69) is 4.74 Å². The summed E-state index contributed by atoms with van der Waals surface area (Å²) in [5, 5.41) is 11.7. The lowest BCUT2D eigenvalue weighted by Gasteiger charge is -2.08. The van der Waals surface area contributed by atoms with Gasteiger partial charge in [0.15, 0.2) is 0 Å². The molecule has 0 spiro atoms. The Kier molecular flexibility index (Phi) is 5.44. The van der Waals surface area contributed by atoms with E-state index in [1.165, 1.54) is 0 Å². The Bertz CT molecular complexity index is 1170. The second kappa shape index (κ2) is 7.97. The van der Waals surface area contributed by atoms with Crippen molar-refractivity contribution < 1.29 is 28.4 Å². The van der Waals surface area contributed by atoms with Crippen molar-refractivity contribution >= 4 is 28.6 Å². The molecule has 150 valence electrons. The summed E-state index contributed by atoms with van der Waals surface area (Å²) in [6.07, 6.45) is 1.11. The number of hydrogen-bond donors (Lipinski definition) is 0. The van der Waals surface area contributed by atoms with Gasteiger partial charge < -0.3 is 18.5 Å². The van der Waals surface area contributed by atoms with Crippen molar-refractivity contribution in [3.63, 3.8) is 0 Å². The van der Waals surface area contributed by atoms with Gasteiger partial charge in [-0.05, 0) is 13.0 Å². The molecule has 0 N–H and O–H groups in total. The highest BCUT2D eigenvalue weighted by Gasteiger charge is 2.25. The average molecular weight is 400 g/mol. The minimum absolute atomic E-state index is 0.0723. The predicted octanol–water partition coefficient (Wildman–Crippen LogP) is 2.51. The highest BCUT2D eigenvalue weighted by Crippen LogP contribution is 2.27. The van der Waals surface area contributed by atoms with E-state index in [0.717, 1.165) is 23.9 Å². The molecule has 10 nitrogen and oxygen atoms in total. The number of methoxy groups -OCH3 is 1. The van der Waals surface area contributed by atoms with Crippen LogP contribution in [0.15, 0.2) is 45.7 Å². The number of carbonyl (C=O) groups excluding carboxylic acids is 2. The smallest absolute Gasteiger partial charge is 0.342 e. The van der Waals surface area contributed by atoms with Gasteiger partial charge in [-0.3, -0.25) is 14.9 Å². The zero-order valence-electron chi connectivity index (χ0n) is 15.5. The maximum atomic E-state index is 12.5. The zero-order valence-corrected chi connectivity index (χ0v) is 15.5. The van der Waals surface area contributed by atoms with E-state index in [1.54, 1.807) is 31.2 Å². The summed E-state index contributed by atoms with van der Waals surface area (Å²) in [6.45, 7) is 1.45. The Labute approximate surface area is 163 Å². The molecule has 1 aromatic carbocycles. The first-order valence-electron chi connectivity index (χ1n) is 8.52. The van der Waals surface area contributed by atoms with Crippen molar-refractivity contribution in [3.05, 3.63) is 73.9 Å². The first-order chi connectivity index (χ1) is 13.9. The molecule has 0 saturated carbocycles. The standard InChI is InChI=1S/C19H16N2O8/c1-3-28-19(24)16-12-6-4-5-7-14(12)29-15(16)10-20-9-11(18(23)27-2)8-13(17(20)22)21(25)26/h4-9H,3,10H2,1-2H3. The second-order valence-electron chi connectivity index (χ2n) is 5.91. The Balaban J connectivity index is 2.18. The van der Waals surface area contributed by atoms with Crippen molar-refractivity contribution in [3.8, 4) is 0 Å². The first kappa shape index (κ1) is 19.8. The number of para-hydroxylation sites is 1. The molecule has 3 aromatic rings. The van der Waals surface area contributed by atoms with Crippen LogP contribution in [0.5, 0.6) is 0 Å². The van der Waals surface area contributed by atoms with Crippen LogP contribution in [-0.4, -0.2) is 35.1 Å². The highest BCUT2D eigenvalue weighted by atomic mass is 16.6. The normalized spacial score (nSPS) is 10.7. The fourth-order valence-electron chi connectivity index (χ4n) is 2.89. The van der Waals surface area contributed by atoms with E-state index in [1.807, 2.05) is 0 Å². The number of esters is 2. The number of ether oxygens (including phenoxy) is 2. The number of carbonyl (C=O) groups is 2. The molecule has 0 aliphatic rings. The van der Waals surface area contributed by atoms with Crippen LogP contribution in [0.4, 0.5) is 5.69 Å². The maximum absolute atomic E-state index is 12.5. The molecule has 0 atom stereocenters. The lowest BCUT2D eigenvalue weighted by Crippen LogP contribution is -2.25. The van der Waals surface area contributed by atoms with E-state index in [-0.39, 0.29) is 30.0 Å². The number of aromatic nitrogens is 1. The second-order valence-corrected chi connectivity index (χ2v) is 5.91. The Morgan fingerprint density at radius 2 is 1.97 bits per heavy atom.